The Morgan fingerprint density at radius 1 is 1.04 bits per heavy atom. The summed E-state index contributed by atoms with van der Waals surface area (Å²) in [7, 11) is 0. The van der Waals surface area contributed by atoms with Gasteiger partial charge in [0.05, 0.1) is 11.4 Å². The van der Waals surface area contributed by atoms with Crippen LogP contribution < -0.4 is 5.32 Å². The fourth-order valence-electron chi connectivity index (χ4n) is 3.55. The van der Waals surface area contributed by atoms with E-state index in [1.807, 2.05) is 54.1 Å². The largest absolute Gasteiger partial charge is 0.310 e. The Balaban J connectivity index is 1.91. The Morgan fingerprint density at radius 3 is 2.50 bits per heavy atom. The number of para-hydroxylation sites is 1. The molecule has 0 radical (unpaired) electrons. The molecule has 1 atom stereocenters. The maximum absolute atomic E-state index is 12.4. The van der Waals surface area contributed by atoms with Crippen molar-refractivity contribution in [3.8, 4) is 5.69 Å². The fraction of sp³-hybridized carbons (Fsp3) is 0.200. The van der Waals surface area contributed by atoms with E-state index >= 15 is 0 Å². The van der Waals surface area contributed by atoms with Gasteiger partial charge >= 0.3 is 0 Å². The molecule has 1 amide bonds. The van der Waals surface area contributed by atoms with Gasteiger partial charge in [0.1, 0.15) is 5.82 Å². The highest BCUT2D eigenvalue weighted by Gasteiger charge is 2.33. The number of nitrogens with one attached hydrogen (secondary N) is 1. The number of rotatable bonds is 2. The number of aryl methyl sites for hydroxylation is 2. The third kappa shape index (κ3) is 2.31. The van der Waals surface area contributed by atoms with Crippen LogP contribution in [-0.4, -0.2) is 15.7 Å². The maximum atomic E-state index is 12.4. The lowest BCUT2D eigenvalue weighted by molar-refractivity contribution is -0.116. The van der Waals surface area contributed by atoms with Crippen molar-refractivity contribution in [3.63, 3.8) is 0 Å². The van der Waals surface area contributed by atoms with Crippen LogP contribution in [0, 0.1) is 13.8 Å². The monoisotopic (exact) mass is 317 g/mol. The zero-order valence-electron chi connectivity index (χ0n) is 13.8. The molecular formula is C20H19N3O. The van der Waals surface area contributed by atoms with Crippen molar-refractivity contribution in [1.82, 2.24) is 9.78 Å². The van der Waals surface area contributed by atoms with Gasteiger partial charge in [-0.2, -0.15) is 5.10 Å². The topological polar surface area (TPSA) is 46.9 Å². The summed E-state index contributed by atoms with van der Waals surface area (Å²) in [6, 6.07) is 18.2. The summed E-state index contributed by atoms with van der Waals surface area (Å²) >= 11 is 0. The first-order valence-electron chi connectivity index (χ1n) is 8.15. The molecule has 0 saturated heterocycles. The predicted octanol–water partition coefficient (Wildman–Crippen LogP) is 3.96. The number of anilines is 1. The van der Waals surface area contributed by atoms with Crippen molar-refractivity contribution in [2.75, 3.05) is 5.32 Å². The summed E-state index contributed by atoms with van der Waals surface area (Å²) < 4.78 is 1.84. The van der Waals surface area contributed by atoms with Crippen molar-refractivity contribution >= 4 is 11.7 Å². The van der Waals surface area contributed by atoms with E-state index in [0.717, 1.165) is 22.8 Å². The molecule has 3 aromatic rings. The standard InChI is InChI=1S/C20H19N3O/c1-13-8-6-7-11-16(13)17-12-18(24)21-20-19(17)14(2)22-23(20)15-9-4-3-5-10-15/h3-11,17H,12H2,1-2H3,(H,21,24)/t17-/m0/s1. The molecule has 2 aromatic carbocycles. The Kier molecular flexibility index (Phi) is 3.45. The van der Waals surface area contributed by atoms with Gasteiger partial charge in [0, 0.05) is 17.9 Å². The number of aromatic nitrogens is 2. The quantitative estimate of drug-likeness (QED) is 0.777. The van der Waals surface area contributed by atoms with Gasteiger partial charge in [0.15, 0.2) is 0 Å². The lowest BCUT2D eigenvalue weighted by atomic mass is 9.84. The number of carbonyl (C=O) groups excluding carboxylic acids is 1. The molecule has 0 bridgehead atoms. The van der Waals surface area contributed by atoms with Crippen molar-refractivity contribution < 1.29 is 4.79 Å². The van der Waals surface area contributed by atoms with E-state index in [1.165, 1.54) is 11.1 Å². The zero-order valence-corrected chi connectivity index (χ0v) is 13.8. The van der Waals surface area contributed by atoms with Gasteiger partial charge in [-0.25, -0.2) is 4.68 Å². The molecule has 4 rings (SSSR count). The van der Waals surface area contributed by atoms with Crippen molar-refractivity contribution in [2.45, 2.75) is 26.2 Å². The van der Waals surface area contributed by atoms with Crippen LogP contribution in [0.4, 0.5) is 5.82 Å². The van der Waals surface area contributed by atoms with E-state index in [4.69, 9.17) is 5.10 Å². The highest BCUT2D eigenvalue weighted by Crippen LogP contribution is 2.41. The lowest BCUT2D eigenvalue weighted by Crippen LogP contribution is -2.25. The van der Waals surface area contributed by atoms with Gasteiger partial charge < -0.3 is 5.32 Å². The van der Waals surface area contributed by atoms with Crippen LogP contribution >= 0.6 is 0 Å². The number of amides is 1. The van der Waals surface area contributed by atoms with Gasteiger partial charge in [0.2, 0.25) is 5.91 Å². The van der Waals surface area contributed by atoms with Crippen LogP contribution in [0.1, 0.15) is 34.7 Å². The van der Waals surface area contributed by atoms with Crippen molar-refractivity contribution in [3.05, 3.63) is 77.0 Å². The van der Waals surface area contributed by atoms with Gasteiger partial charge in [-0.1, -0.05) is 42.5 Å². The van der Waals surface area contributed by atoms with E-state index in [0.29, 0.717) is 6.42 Å². The smallest absolute Gasteiger partial charge is 0.226 e. The summed E-state index contributed by atoms with van der Waals surface area (Å²) in [6.07, 6.45) is 0.458. The molecule has 1 aliphatic heterocycles. The molecule has 0 aliphatic carbocycles. The molecule has 1 aromatic heterocycles. The molecule has 1 aliphatic rings. The minimum absolute atomic E-state index is 0.0350. The average Bonchev–Trinajstić information content (AvgIpc) is 2.92. The highest BCUT2D eigenvalue weighted by atomic mass is 16.1. The predicted molar refractivity (Wildman–Crippen MR) is 94.6 cm³/mol. The number of hydrogen-bond donors (Lipinski definition) is 1. The summed E-state index contributed by atoms with van der Waals surface area (Å²) in [4.78, 5) is 12.4. The van der Waals surface area contributed by atoms with E-state index < -0.39 is 0 Å². The Labute approximate surface area is 141 Å². The number of benzene rings is 2. The van der Waals surface area contributed by atoms with Crippen LogP contribution in [0.3, 0.4) is 0 Å². The zero-order chi connectivity index (χ0) is 16.7. The molecule has 0 unspecified atom stereocenters. The van der Waals surface area contributed by atoms with E-state index in [9.17, 15) is 4.79 Å². The van der Waals surface area contributed by atoms with Crippen LogP contribution in [0.15, 0.2) is 54.6 Å². The van der Waals surface area contributed by atoms with Gasteiger partial charge in [-0.05, 0) is 37.1 Å². The number of fused-ring (bicyclic) bond motifs is 1. The average molecular weight is 317 g/mol. The number of hydrogen-bond acceptors (Lipinski definition) is 2. The molecule has 0 fully saturated rings. The Morgan fingerprint density at radius 2 is 1.75 bits per heavy atom. The number of carbonyl (C=O) groups is 1. The molecule has 2 heterocycles. The molecule has 4 heteroatoms. The first-order valence-corrected chi connectivity index (χ1v) is 8.15. The summed E-state index contributed by atoms with van der Waals surface area (Å²) in [5, 5.41) is 7.73. The third-order valence-electron chi connectivity index (χ3n) is 4.67. The normalized spacial score (nSPS) is 16.6. The Bertz CT molecular complexity index is 912. The summed E-state index contributed by atoms with van der Waals surface area (Å²) in [5.41, 5.74) is 5.43. The van der Waals surface area contributed by atoms with Crippen molar-refractivity contribution in [2.24, 2.45) is 0 Å². The van der Waals surface area contributed by atoms with E-state index in [1.54, 1.807) is 0 Å². The molecule has 24 heavy (non-hydrogen) atoms. The molecule has 1 N–H and O–H groups in total. The van der Waals surface area contributed by atoms with E-state index in [-0.39, 0.29) is 11.8 Å². The van der Waals surface area contributed by atoms with Crippen LogP contribution in [0.2, 0.25) is 0 Å². The molecule has 120 valence electrons. The van der Waals surface area contributed by atoms with E-state index in [2.05, 4.69) is 24.4 Å². The maximum Gasteiger partial charge on any atom is 0.226 e. The summed E-state index contributed by atoms with van der Waals surface area (Å²) in [6.45, 7) is 4.11. The minimum atomic E-state index is 0.0350. The van der Waals surface area contributed by atoms with Gasteiger partial charge in [-0.15, -0.1) is 0 Å². The second kappa shape index (κ2) is 5.64. The second-order valence-corrected chi connectivity index (χ2v) is 6.26. The van der Waals surface area contributed by atoms with Gasteiger partial charge in [0.25, 0.3) is 0 Å². The Hall–Kier alpha value is -2.88. The second-order valence-electron chi connectivity index (χ2n) is 6.26. The first-order chi connectivity index (χ1) is 11.6. The highest BCUT2D eigenvalue weighted by molar-refractivity contribution is 5.95. The first kappa shape index (κ1) is 14.7. The van der Waals surface area contributed by atoms with Crippen LogP contribution in [0.5, 0.6) is 0 Å². The van der Waals surface area contributed by atoms with Crippen molar-refractivity contribution in [1.29, 1.82) is 0 Å². The fourth-order valence-corrected chi connectivity index (χ4v) is 3.55. The lowest BCUT2D eigenvalue weighted by Gasteiger charge is -2.25. The van der Waals surface area contributed by atoms with Gasteiger partial charge in [-0.3, -0.25) is 4.79 Å². The molecule has 4 nitrogen and oxygen atoms in total. The third-order valence-corrected chi connectivity index (χ3v) is 4.67. The number of nitrogens with zero attached hydrogens (tertiary/aromatic N) is 2. The molecular weight excluding hydrogens is 298 g/mol. The molecule has 0 saturated carbocycles. The molecule has 0 spiro atoms. The minimum Gasteiger partial charge on any atom is -0.310 e. The van der Waals surface area contributed by atoms with Crippen LogP contribution in [0.25, 0.3) is 5.69 Å². The summed E-state index contributed by atoms with van der Waals surface area (Å²) in [5.74, 6) is 0.878. The SMILES string of the molecule is Cc1ccccc1[C@@H]1CC(=O)Nc2c1c(C)nn2-c1ccccc1. The van der Waals surface area contributed by atoms with Crippen LogP contribution in [-0.2, 0) is 4.79 Å².